The van der Waals surface area contributed by atoms with Gasteiger partial charge in [-0.05, 0) is 49.8 Å². The molecular formula is C17H18O3S. The van der Waals surface area contributed by atoms with Crippen LogP contribution in [-0.4, -0.2) is 15.5 Å². The number of rotatable bonds is 4. The van der Waals surface area contributed by atoms with Crippen LogP contribution in [0, 0.1) is 6.92 Å². The van der Waals surface area contributed by atoms with Gasteiger partial charge in [-0.15, -0.1) is 0 Å². The molecule has 0 aliphatic carbocycles. The Morgan fingerprint density at radius 3 is 2.10 bits per heavy atom. The molecule has 0 aliphatic rings. The monoisotopic (exact) mass is 302 g/mol. The second-order valence-electron chi connectivity index (χ2n) is 4.84. The van der Waals surface area contributed by atoms with Crippen LogP contribution in [0.4, 0.5) is 0 Å². The largest absolute Gasteiger partial charge is 0.497 e. The molecule has 0 spiro atoms. The van der Waals surface area contributed by atoms with Crippen LogP contribution in [0.1, 0.15) is 18.1 Å². The first-order chi connectivity index (χ1) is 9.93. The highest BCUT2D eigenvalue weighted by Gasteiger charge is 2.16. The maximum absolute atomic E-state index is 12.5. The molecule has 0 unspecified atom stereocenters. The number of methoxy groups -OCH3 is 1. The molecule has 110 valence electrons. The van der Waals surface area contributed by atoms with E-state index in [0.29, 0.717) is 9.80 Å². The summed E-state index contributed by atoms with van der Waals surface area (Å²) in [5, 5.41) is 0. The van der Waals surface area contributed by atoms with E-state index >= 15 is 0 Å². The van der Waals surface area contributed by atoms with Crippen molar-refractivity contribution in [1.29, 1.82) is 0 Å². The van der Waals surface area contributed by atoms with Crippen molar-refractivity contribution in [2.24, 2.45) is 0 Å². The molecule has 0 radical (unpaired) electrons. The Kier molecular flexibility index (Phi) is 4.48. The number of sulfone groups is 1. The van der Waals surface area contributed by atoms with Crippen molar-refractivity contribution in [2.45, 2.75) is 18.7 Å². The summed E-state index contributed by atoms with van der Waals surface area (Å²) < 4.78 is 30.0. The Labute approximate surface area is 125 Å². The fourth-order valence-electron chi connectivity index (χ4n) is 1.92. The van der Waals surface area contributed by atoms with E-state index in [1.807, 2.05) is 19.1 Å². The van der Waals surface area contributed by atoms with Gasteiger partial charge in [0, 0.05) is 4.91 Å². The second kappa shape index (κ2) is 6.14. The SMILES string of the molecule is COc1ccc(/C=C(/C)S(=O)(=O)c2ccc(C)cc2)cc1. The quantitative estimate of drug-likeness (QED) is 0.862. The van der Waals surface area contributed by atoms with Gasteiger partial charge in [0.05, 0.1) is 12.0 Å². The number of hydrogen-bond acceptors (Lipinski definition) is 3. The molecule has 4 heteroatoms. The smallest absolute Gasteiger partial charge is 0.202 e. The van der Waals surface area contributed by atoms with E-state index in [0.717, 1.165) is 16.9 Å². The predicted molar refractivity (Wildman–Crippen MR) is 85.0 cm³/mol. The fraction of sp³-hybridized carbons (Fsp3) is 0.176. The van der Waals surface area contributed by atoms with Crippen LogP contribution in [0.2, 0.25) is 0 Å². The van der Waals surface area contributed by atoms with E-state index in [-0.39, 0.29) is 0 Å². The molecule has 0 saturated carbocycles. The van der Waals surface area contributed by atoms with E-state index in [2.05, 4.69) is 0 Å². The molecule has 0 aromatic heterocycles. The molecule has 0 heterocycles. The molecule has 3 nitrogen and oxygen atoms in total. The van der Waals surface area contributed by atoms with E-state index in [4.69, 9.17) is 4.74 Å². The number of benzene rings is 2. The molecule has 2 aromatic rings. The maximum atomic E-state index is 12.5. The lowest BCUT2D eigenvalue weighted by atomic mass is 10.2. The van der Waals surface area contributed by atoms with Gasteiger partial charge in [0.2, 0.25) is 9.84 Å². The normalized spacial score (nSPS) is 12.2. The van der Waals surface area contributed by atoms with Gasteiger partial charge in [-0.2, -0.15) is 0 Å². The number of aryl methyl sites for hydroxylation is 1. The van der Waals surface area contributed by atoms with Crippen LogP contribution in [0.15, 0.2) is 58.3 Å². The number of allylic oxidation sites excluding steroid dienone is 1. The Balaban J connectivity index is 2.34. The Morgan fingerprint density at radius 2 is 1.57 bits per heavy atom. The Hall–Kier alpha value is -2.07. The highest BCUT2D eigenvalue weighted by Crippen LogP contribution is 2.22. The summed E-state index contributed by atoms with van der Waals surface area (Å²) in [6.45, 7) is 3.54. The van der Waals surface area contributed by atoms with E-state index in [1.54, 1.807) is 56.5 Å². The first-order valence-electron chi connectivity index (χ1n) is 6.57. The zero-order valence-corrected chi connectivity index (χ0v) is 13.1. The average molecular weight is 302 g/mol. The molecule has 21 heavy (non-hydrogen) atoms. The highest BCUT2D eigenvalue weighted by atomic mass is 32.2. The Bertz CT molecular complexity index is 740. The van der Waals surface area contributed by atoms with Crippen molar-refractivity contribution in [2.75, 3.05) is 7.11 Å². The van der Waals surface area contributed by atoms with Crippen LogP contribution < -0.4 is 4.74 Å². The molecule has 0 N–H and O–H groups in total. The molecule has 0 atom stereocenters. The molecule has 0 aliphatic heterocycles. The highest BCUT2D eigenvalue weighted by molar-refractivity contribution is 7.95. The summed E-state index contributed by atoms with van der Waals surface area (Å²) in [5.41, 5.74) is 1.86. The zero-order chi connectivity index (χ0) is 15.5. The molecular weight excluding hydrogens is 284 g/mol. The number of ether oxygens (including phenoxy) is 1. The summed E-state index contributed by atoms with van der Waals surface area (Å²) in [7, 11) is -1.84. The maximum Gasteiger partial charge on any atom is 0.202 e. The van der Waals surface area contributed by atoms with Crippen molar-refractivity contribution in [3.63, 3.8) is 0 Å². The molecule has 2 rings (SSSR count). The fourth-order valence-corrected chi connectivity index (χ4v) is 3.07. The van der Waals surface area contributed by atoms with Gasteiger partial charge < -0.3 is 4.74 Å². The van der Waals surface area contributed by atoms with Crippen LogP contribution >= 0.6 is 0 Å². The van der Waals surface area contributed by atoms with Crippen molar-refractivity contribution in [3.05, 3.63) is 64.6 Å². The minimum absolute atomic E-state index is 0.315. The number of hydrogen-bond donors (Lipinski definition) is 0. The van der Waals surface area contributed by atoms with Crippen LogP contribution in [0.3, 0.4) is 0 Å². The third kappa shape index (κ3) is 3.52. The molecule has 2 aromatic carbocycles. The summed E-state index contributed by atoms with van der Waals surface area (Å²) in [6, 6.07) is 14.1. The zero-order valence-electron chi connectivity index (χ0n) is 12.3. The lowest BCUT2D eigenvalue weighted by molar-refractivity contribution is 0.415. The van der Waals surface area contributed by atoms with Gasteiger partial charge in [0.1, 0.15) is 5.75 Å². The first-order valence-corrected chi connectivity index (χ1v) is 8.06. The van der Waals surface area contributed by atoms with Gasteiger partial charge in [-0.1, -0.05) is 29.8 Å². The van der Waals surface area contributed by atoms with Crippen LogP contribution in [0.25, 0.3) is 6.08 Å². The van der Waals surface area contributed by atoms with Gasteiger partial charge >= 0.3 is 0 Å². The standard InChI is InChI=1S/C17H18O3S/c1-13-4-10-17(11-5-13)21(18,19)14(2)12-15-6-8-16(20-3)9-7-15/h4-12H,1-3H3/b14-12-. The minimum atomic E-state index is -3.44. The molecule has 0 fully saturated rings. The predicted octanol–water partition coefficient (Wildman–Crippen LogP) is 3.84. The molecule has 0 saturated heterocycles. The summed E-state index contributed by atoms with van der Waals surface area (Å²) in [5.74, 6) is 0.742. The second-order valence-corrected chi connectivity index (χ2v) is 6.97. The van der Waals surface area contributed by atoms with Gasteiger partial charge in [-0.3, -0.25) is 0 Å². The minimum Gasteiger partial charge on any atom is -0.497 e. The lowest BCUT2D eigenvalue weighted by Gasteiger charge is -2.06. The molecule has 0 amide bonds. The van der Waals surface area contributed by atoms with E-state index < -0.39 is 9.84 Å². The van der Waals surface area contributed by atoms with Crippen molar-refractivity contribution in [3.8, 4) is 5.75 Å². The molecule has 0 bridgehead atoms. The summed E-state index contributed by atoms with van der Waals surface area (Å²) in [4.78, 5) is 0.631. The first kappa shape index (κ1) is 15.3. The lowest BCUT2D eigenvalue weighted by Crippen LogP contribution is -2.02. The van der Waals surface area contributed by atoms with Crippen molar-refractivity contribution < 1.29 is 13.2 Å². The Morgan fingerprint density at radius 1 is 1.00 bits per heavy atom. The van der Waals surface area contributed by atoms with Crippen molar-refractivity contribution >= 4 is 15.9 Å². The van der Waals surface area contributed by atoms with Crippen LogP contribution in [0.5, 0.6) is 5.75 Å². The third-order valence-electron chi connectivity index (χ3n) is 3.24. The van der Waals surface area contributed by atoms with Gasteiger partial charge in [0.15, 0.2) is 0 Å². The van der Waals surface area contributed by atoms with Gasteiger partial charge in [-0.25, -0.2) is 8.42 Å². The summed E-state index contributed by atoms with van der Waals surface area (Å²) in [6.07, 6.45) is 1.66. The van der Waals surface area contributed by atoms with E-state index in [9.17, 15) is 8.42 Å². The van der Waals surface area contributed by atoms with E-state index in [1.165, 1.54) is 0 Å². The third-order valence-corrected chi connectivity index (χ3v) is 5.10. The van der Waals surface area contributed by atoms with Crippen molar-refractivity contribution in [1.82, 2.24) is 0 Å². The topological polar surface area (TPSA) is 43.4 Å². The van der Waals surface area contributed by atoms with Crippen LogP contribution in [-0.2, 0) is 9.84 Å². The van der Waals surface area contributed by atoms with Gasteiger partial charge in [0.25, 0.3) is 0 Å². The average Bonchev–Trinajstić information content (AvgIpc) is 2.48. The summed E-state index contributed by atoms with van der Waals surface area (Å²) >= 11 is 0.